The van der Waals surface area contributed by atoms with Gasteiger partial charge in [0, 0.05) is 26.2 Å². The molecule has 15 heavy (non-hydrogen) atoms. The highest BCUT2D eigenvalue weighted by molar-refractivity contribution is 5.75. The van der Waals surface area contributed by atoms with Gasteiger partial charge in [0.2, 0.25) is 0 Å². The van der Waals surface area contributed by atoms with Crippen LogP contribution in [-0.2, 0) is 23.0 Å². The van der Waals surface area contributed by atoms with E-state index < -0.39 is 0 Å². The zero-order valence-corrected chi connectivity index (χ0v) is 9.36. The molecule has 0 aliphatic carbocycles. The van der Waals surface area contributed by atoms with Gasteiger partial charge in [-0.2, -0.15) is 5.10 Å². The summed E-state index contributed by atoms with van der Waals surface area (Å²) < 4.78 is 6.36. The van der Waals surface area contributed by atoms with Crippen molar-refractivity contribution < 1.29 is 9.53 Å². The van der Waals surface area contributed by atoms with Crippen molar-refractivity contribution in [3.8, 4) is 0 Å². The van der Waals surface area contributed by atoms with Gasteiger partial charge in [-0.1, -0.05) is 0 Å². The number of rotatable bonds is 5. The molecule has 1 aromatic heterocycles. The minimum absolute atomic E-state index is 0.240. The molecule has 0 fully saturated rings. The van der Waals surface area contributed by atoms with Crippen LogP contribution in [0.4, 0.5) is 0 Å². The van der Waals surface area contributed by atoms with E-state index in [0.29, 0.717) is 6.54 Å². The average Bonchev–Trinajstić information content (AvgIpc) is 2.63. The molecule has 0 saturated heterocycles. The van der Waals surface area contributed by atoms with Crippen LogP contribution in [0.25, 0.3) is 0 Å². The maximum atomic E-state index is 11.1. The molecule has 1 unspecified atom stereocenters. The maximum Gasteiger partial charge on any atom is 0.322 e. The van der Waals surface area contributed by atoms with E-state index in [1.165, 1.54) is 7.11 Å². The predicted molar refractivity (Wildman–Crippen MR) is 56.4 cm³/mol. The van der Waals surface area contributed by atoms with Gasteiger partial charge in [0.05, 0.1) is 12.8 Å². The van der Waals surface area contributed by atoms with Gasteiger partial charge in [-0.15, -0.1) is 0 Å². The Bertz CT molecular complexity index is 322. The zero-order valence-electron chi connectivity index (χ0n) is 9.36. The van der Waals surface area contributed by atoms with Gasteiger partial charge in [-0.25, -0.2) is 0 Å². The predicted octanol–water partition coefficient (Wildman–Crippen LogP) is 0.114. The molecule has 0 amide bonds. The fourth-order valence-electron chi connectivity index (χ4n) is 1.27. The van der Waals surface area contributed by atoms with E-state index in [4.69, 9.17) is 0 Å². The van der Waals surface area contributed by atoms with Crippen molar-refractivity contribution in [3.63, 3.8) is 0 Å². The molecule has 1 atom stereocenters. The van der Waals surface area contributed by atoms with E-state index in [0.717, 1.165) is 12.1 Å². The number of carbonyl (C=O) groups is 1. The molecule has 0 radical (unpaired) electrons. The quantitative estimate of drug-likeness (QED) is 0.702. The van der Waals surface area contributed by atoms with Crippen LogP contribution >= 0.6 is 0 Å². The number of methoxy groups -OCH3 is 1. The van der Waals surface area contributed by atoms with E-state index in [1.807, 2.05) is 19.3 Å². The molecule has 0 aliphatic rings. The first kappa shape index (κ1) is 11.7. The molecule has 0 aliphatic heterocycles. The highest BCUT2D eigenvalue weighted by atomic mass is 16.5. The number of esters is 1. The van der Waals surface area contributed by atoms with Crippen molar-refractivity contribution in [1.29, 1.82) is 0 Å². The van der Waals surface area contributed by atoms with Crippen LogP contribution in [0.5, 0.6) is 0 Å². The van der Waals surface area contributed by atoms with E-state index in [-0.39, 0.29) is 12.0 Å². The zero-order chi connectivity index (χ0) is 11.3. The summed E-state index contributed by atoms with van der Waals surface area (Å²) in [4.78, 5) is 11.1. The second kappa shape index (κ2) is 5.50. The third kappa shape index (κ3) is 3.71. The van der Waals surface area contributed by atoms with Gasteiger partial charge in [-0.05, 0) is 13.0 Å². The van der Waals surface area contributed by atoms with Crippen molar-refractivity contribution >= 4 is 5.97 Å². The molecular formula is C10H17N3O2. The van der Waals surface area contributed by atoms with Crippen LogP contribution < -0.4 is 5.32 Å². The summed E-state index contributed by atoms with van der Waals surface area (Å²) in [5.41, 5.74) is 1.02. The number of nitrogens with one attached hydrogen (secondary N) is 1. The molecule has 84 valence electrons. The van der Waals surface area contributed by atoms with Gasteiger partial charge in [-0.3, -0.25) is 9.48 Å². The Hall–Kier alpha value is -1.36. The maximum absolute atomic E-state index is 11.1. The molecule has 1 rings (SSSR count). The summed E-state index contributed by atoms with van der Waals surface area (Å²) >= 11 is 0. The molecule has 5 heteroatoms. The molecule has 0 saturated carbocycles. The summed E-state index contributed by atoms with van der Waals surface area (Å²) in [5, 5.41) is 7.30. The highest BCUT2D eigenvalue weighted by Gasteiger charge is 2.11. The molecule has 1 N–H and O–H groups in total. The van der Waals surface area contributed by atoms with Crippen molar-refractivity contribution in [2.45, 2.75) is 19.4 Å². The minimum Gasteiger partial charge on any atom is -0.468 e. The fourth-order valence-corrected chi connectivity index (χ4v) is 1.27. The van der Waals surface area contributed by atoms with Gasteiger partial charge in [0.15, 0.2) is 0 Å². The normalized spacial score (nSPS) is 12.5. The summed E-state index contributed by atoms with van der Waals surface area (Å²) in [6, 6.07) is 1.70. The number of aromatic nitrogens is 2. The highest BCUT2D eigenvalue weighted by Crippen LogP contribution is 1.95. The van der Waals surface area contributed by atoms with Crippen LogP contribution in [0.2, 0.25) is 0 Å². The SMILES string of the molecule is COC(=O)C(C)NCCc1ccn(C)n1. The number of carbonyl (C=O) groups excluding carboxylic acids is 1. The summed E-state index contributed by atoms with van der Waals surface area (Å²) in [7, 11) is 3.27. The summed E-state index contributed by atoms with van der Waals surface area (Å²) in [6.07, 6.45) is 2.71. The van der Waals surface area contributed by atoms with Gasteiger partial charge in [0.25, 0.3) is 0 Å². The summed E-state index contributed by atoms with van der Waals surface area (Å²) in [5.74, 6) is -0.240. The number of hydrogen-bond donors (Lipinski definition) is 1. The van der Waals surface area contributed by atoms with Crippen molar-refractivity contribution in [2.24, 2.45) is 7.05 Å². The fraction of sp³-hybridized carbons (Fsp3) is 0.600. The molecule has 0 spiro atoms. The second-order valence-corrected chi connectivity index (χ2v) is 3.43. The standard InChI is InChI=1S/C10H17N3O2/c1-8(10(14)15-3)11-6-4-9-5-7-13(2)12-9/h5,7-8,11H,4,6H2,1-3H3. The van der Waals surface area contributed by atoms with Crippen LogP contribution in [-0.4, -0.2) is 35.4 Å². The second-order valence-electron chi connectivity index (χ2n) is 3.43. The summed E-state index contributed by atoms with van der Waals surface area (Å²) in [6.45, 7) is 2.50. The number of ether oxygens (including phenoxy) is 1. The first-order chi connectivity index (χ1) is 7.13. The molecular weight excluding hydrogens is 194 g/mol. The molecule has 1 aromatic rings. The number of aryl methyl sites for hydroxylation is 1. The van der Waals surface area contributed by atoms with Crippen molar-refractivity contribution in [3.05, 3.63) is 18.0 Å². The van der Waals surface area contributed by atoms with E-state index in [2.05, 4.69) is 15.2 Å². The minimum atomic E-state index is -0.265. The van der Waals surface area contributed by atoms with Gasteiger partial charge in [0.1, 0.15) is 6.04 Å². The van der Waals surface area contributed by atoms with E-state index in [1.54, 1.807) is 11.6 Å². The lowest BCUT2D eigenvalue weighted by atomic mass is 10.3. The third-order valence-electron chi connectivity index (χ3n) is 2.16. The monoisotopic (exact) mass is 211 g/mol. The molecule has 0 aromatic carbocycles. The van der Waals surface area contributed by atoms with E-state index in [9.17, 15) is 4.79 Å². The smallest absolute Gasteiger partial charge is 0.322 e. The Kier molecular flexibility index (Phi) is 4.30. The Morgan fingerprint density at radius 2 is 2.47 bits per heavy atom. The Labute approximate surface area is 89.4 Å². The lowest BCUT2D eigenvalue weighted by Gasteiger charge is -2.10. The van der Waals surface area contributed by atoms with Crippen LogP contribution in [0, 0.1) is 0 Å². The Morgan fingerprint density at radius 3 is 3.00 bits per heavy atom. The average molecular weight is 211 g/mol. The Balaban J connectivity index is 2.24. The molecule has 0 bridgehead atoms. The number of hydrogen-bond acceptors (Lipinski definition) is 4. The third-order valence-corrected chi connectivity index (χ3v) is 2.16. The van der Waals surface area contributed by atoms with Crippen LogP contribution in [0.3, 0.4) is 0 Å². The molecule has 5 nitrogen and oxygen atoms in total. The lowest BCUT2D eigenvalue weighted by molar-refractivity contribution is -0.142. The Morgan fingerprint density at radius 1 is 1.73 bits per heavy atom. The van der Waals surface area contributed by atoms with Crippen LogP contribution in [0.15, 0.2) is 12.3 Å². The largest absolute Gasteiger partial charge is 0.468 e. The van der Waals surface area contributed by atoms with Crippen LogP contribution in [0.1, 0.15) is 12.6 Å². The first-order valence-electron chi connectivity index (χ1n) is 4.93. The van der Waals surface area contributed by atoms with Gasteiger partial charge < -0.3 is 10.1 Å². The topological polar surface area (TPSA) is 56.1 Å². The molecule has 1 heterocycles. The lowest BCUT2D eigenvalue weighted by Crippen LogP contribution is -2.36. The van der Waals surface area contributed by atoms with Crippen molar-refractivity contribution in [1.82, 2.24) is 15.1 Å². The van der Waals surface area contributed by atoms with E-state index >= 15 is 0 Å². The van der Waals surface area contributed by atoms with Crippen molar-refractivity contribution in [2.75, 3.05) is 13.7 Å². The number of nitrogens with zero attached hydrogens (tertiary/aromatic N) is 2. The first-order valence-corrected chi connectivity index (χ1v) is 4.93. The van der Waals surface area contributed by atoms with Gasteiger partial charge >= 0.3 is 5.97 Å².